The maximum absolute atomic E-state index is 12.6. The smallest absolute Gasteiger partial charge is 0.405 e. The van der Waals surface area contributed by atoms with Gasteiger partial charge in [-0.15, -0.1) is 13.2 Å². The predicted octanol–water partition coefficient (Wildman–Crippen LogP) is 4.28. The standard InChI is InChI=1S/C19H23ClF3N5O/c20-16-14(9-11-5-7-13(24)8-6-11)27-18(28-17(16)25)26-10-12-3-1-2-4-15(12)29-19(21,22)23/h1-4,11,13H,5-10,24H2,(H3,25,26,27,28)/t11-,13-. The number of hydrogen-bond acceptors (Lipinski definition) is 6. The number of nitrogen functional groups attached to an aromatic ring is 1. The number of anilines is 2. The number of benzene rings is 1. The highest BCUT2D eigenvalue weighted by Gasteiger charge is 2.32. The summed E-state index contributed by atoms with van der Waals surface area (Å²) in [6, 6.07) is 6.11. The molecule has 1 fully saturated rings. The lowest BCUT2D eigenvalue weighted by atomic mass is 9.84. The Balaban J connectivity index is 1.71. The topological polar surface area (TPSA) is 99.1 Å². The zero-order chi connectivity index (χ0) is 21.0. The molecule has 0 amide bonds. The Morgan fingerprint density at radius 1 is 1.14 bits per heavy atom. The molecule has 0 bridgehead atoms. The highest BCUT2D eigenvalue weighted by atomic mass is 35.5. The summed E-state index contributed by atoms with van der Waals surface area (Å²) in [6.45, 7) is 0.0328. The summed E-state index contributed by atoms with van der Waals surface area (Å²) in [7, 11) is 0. The Morgan fingerprint density at radius 2 is 1.83 bits per heavy atom. The third kappa shape index (κ3) is 6.11. The first-order valence-electron chi connectivity index (χ1n) is 9.36. The molecular formula is C19H23ClF3N5O. The number of alkyl halides is 3. The van der Waals surface area contributed by atoms with Crippen LogP contribution in [0.15, 0.2) is 24.3 Å². The summed E-state index contributed by atoms with van der Waals surface area (Å²) in [5.41, 5.74) is 12.8. The van der Waals surface area contributed by atoms with Crippen LogP contribution in [0.5, 0.6) is 5.75 Å². The van der Waals surface area contributed by atoms with E-state index in [0.29, 0.717) is 28.6 Å². The molecular weight excluding hydrogens is 407 g/mol. The van der Waals surface area contributed by atoms with Crippen molar-refractivity contribution in [3.05, 3.63) is 40.5 Å². The van der Waals surface area contributed by atoms with Crippen LogP contribution < -0.4 is 21.5 Å². The SMILES string of the molecule is Nc1nc(NCc2ccccc2OC(F)(F)F)nc(C[C@H]2CC[C@H](N)CC2)c1Cl. The zero-order valence-corrected chi connectivity index (χ0v) is 16.4. The van der Waals surface area contributed by atoms with E-state index in [2.05, 4.69) is 20.0 Å². The highest BCUT2D eigenvalue weighted by Crippen LogP contribution is 2.31. The second-order valence-electron chi connectivity index (χ2n) is 7.19. The quantitative estimate of drug-likeness (QED) is 0.633. The number of halogens is 4. The van der Waals surface area contributed by atoms with Crippen LogP contribution in [0.25, 0.3) is 0 Å². The molecule has 1 aliphatic rings. The number of hydrogen-bond donors (Lipinski definition) is 3. The maximum Gasteiger partial charge on any atom is 0.573 e. The van der Waals surface area contributed by atoms with E-state index in [-0.39, 0.29) is 30.1 Å². The van der Waals surface area contributed by atoms with Crippen molar-refractivity contribution in [3.8, 4) is 5.75 Å². The van der Waals surface area contributed by atoms with Gasteiger partial charge >= 0.3 is 6.36 Å². The summed E-state index contributed by atoms with van der Waals surface area (Å²) < 4.78 is 41.8. The molecule has 0 unspecified atom stereocenters. The fourth-order valence-corrected chi connectivity index (χ4v) is 3.60. The average Bonchev–Trinajstić information content (AvgIpc) is 2.65. The lowest BCUT2D eigenvalue weighted by molar-refractivity contribution is -0.274. The minimum Gasteiger partial charge on any atom is -0.405 e. The Hall–Kier alpha value is -2.26. The molecule has 1 aromatic heterocycles. The van der Waals surface area contributed by atoms with Gasteiger partial charge in [-0.3, -0.25) is 0 Å². The van der Waals surface area contributed by atoms with Crippen molar-refractivity contribution >= 4 is 23.4 Å². The number of nitrogens with one attached hydrogen (secondary N) is 1. The molecule has 0 atom stereocenters. The molecule has 1 heterocycles. The van der Waals surface area contributed by atoms with Crippen LogP contribution in [-0.4, -0.2) is 22.4 Å². The van der Waals surface area contributed by atoms with E-state index in [1.165, 1.54) is 18.2 Å². The molecule has 0 saturated heterocycles. The molecule has 6 nitrogen and oxygen atoms in total. The molecule has 1 aromatic carbocycles. The minimum atomic E-state index is -4.77. The normalized spacial score (nSPS) is 19.8. The van der Waals surface area contributed by atoms with Crippen molar-refractivity contribution in [1.82, 2.24) is 9.97 Å². The first-order valence-corrected chi connectivity index (χ1v) is 9.74. The maximum atomic E-state index is 12.6. The van der Waals surface area contributed by atoms with E-state index < -0.39 is 6.36 Å². The van der Waals surface area contributed by atoms with Crippen molar-refractivity contribution in [2.45, 2.75) is 51.1 Å². The van der Waals surface area contributed by atoms with E-state index in [1.807, 2.05) is 0 Å². The van der Waals surface area contributed by atoms with Gasteiger partial charge in [0, 0.05) is 18.2 Å². The Labute approximate surface area is 171 Å². The van der Waals surface area contributed by atoms with Crippen LogP contribution >= 0.6 is 11.6 Å². The van der Waals surface area contributed by atoms with E-state index in [1.54, 1.807) is 6.07 Å². The van der Waals surface area contributed by atoms with Crippen LogP contribution in [0.2, 0.25) is 5.02 Å². The van der Waals surface area contributed by atoms with Crippen molar-refractivity contribution in [2.75, 3.05) is 11.1 Å². The van der Waals surface area contributed by atoms with Gasteiger partial charge in [0.25, 0.3) is 0 Å². The van der Waals surface area contributed by atoms with Gasteiger partial charge in [-0.05, 0) is 44.1 Å². The molecule has 5 N–H and O–H groups in total. The number of para-hydroxylation sites is 1. The Bertz CT molecular complexity index is 841. The van der Waals surface area contributed by atoms with E-state index in [4.69, 9.17) is 23.1 Å². The van der Waals surface area contributed by atoms with E-state index >= 15 is 0 Å². The number of nitrogens with two attached hydrogens (primary N) is 2. The van der Waals surface area contributed by atoms with Crippen LogP contribution in [-0.2, 0) is 13.0 Å². The van der Waals surface area contributed by atoms with Gasteiger partial charge in [0.05, 0.1) is 5.69 Å². The molecule has 3 rings (SSSR count). The molecule has 158 valence electrons. The lowest BCUT2D eigenvalue weighted by Crippen LogP contribution is -2.27. The van der Waals surface area contributed by atoms with Crippen molar-refractivity contribution in [3.63, 3.8) is 0 Å². The number of nitrogens with zero attached hydrogens (tertiary/aromatic N) is 2. The Kier molecular flexibility index (Phi) is 6.69. The molecule has 2 aromatic rings. The lowest BCUT2D eigenvalue weighted by Gasteiger charge is -2.26. The second-order valence-corrected chi connectivity index (χ2v) is 7.57. The van der Waals surface area contributed by atoms with Gasteiger partial charge in [-0.2, -0.15) is 4.98 Å². The molecule has 1 aliphatic carbocycles. The largest absolute Gasteiger partial charge is 0.573 e. The van der Waals surface area contributed by atoms with E-state index in [9.17, 15) is 13.2 Å². The molecule has 0 aliphatic heterocycles. The van der Waals surface area contributed by atoms with Gasteiger partial charge in [0.15, 0.2) is 0 Å². The van der Waals surface area contributed by atoms with Crippen LogP contribution in [0.1, 0.15) is 36.9 Å². The number of aromatic nitrogens is 2. The van der Waals surface area contributed by atoms with E-state index in [0.717, 1.165) is 25.7 Å². The number of rotatable bonds is 6. The Morgan fingerprint density at radius 3 is 2.52 bits per heavy atom. The summed E-state index contributed by atoms with van der Waals surface area (Å²) in [4.78, 5) is 8.54. The average molecular weight is 430 g/mol. The molecule has 0 spiro atoms. The summed E-state index contributed by atoms with van der Waals surface area (Å²) in [5.74, 6) is 0.464. The van der Waals surface area contributed by atoms with Crippen LogP contribution in [0.3, 0.4) is 0 Å². The molecule has 0 radical (unpaired) electrons. The first kappa shape index (κ1) is 21.4. The predicted molar refractivity (Wildman–Crippen MR) is 106 cm³/mol. The van der Waals surface area contributed by atoms with Gasteiger partial charge in [0.2, 0.25) is 5.95 Å². The van der Waals surface area contributed by atoms with Crippen LogP contribution in [0, 0.1) is 5.92 Å². The zero-order valence-electron chi connectivity index (χ0n) is 15.7. The molecule has 29 heavy (non-hydrogen) atoms. The minimum absolute atomic E-state index is 0.0328. The van der Waals surface area contributed by atoms with Gasteiger partial charge in [0.1, 0.15) is 16.6 Å². The van der Waals surface area contributed by atoms with Crippen molar-refractivity contribution in [1.29, 1.82) is 0 Å². The fraction of sp³-hybridized carbons (Fsp3) is 0.474. The van der Waals surface area contributed by atoms with Crippen molar-refractivity contribution in [2.24, 2.45) is 11.7 Å². The molecule has 10 heteroatoms. The van der Waals surface area contributed by atoms with Crippen LogP contribution in [0.4, 0.5) is 24.9 Å². The fourth-order valence-electron chi connectivity index (χ4n) is 3.44. The third-order valence-corrected chi connectivity index (χ3v) is 5.37. The molecule has 1 saturated carbocycles. The summed E-state index contributed by atoms with van der Waals surface area (Å²) in [6.07, 6.45) is -0.208. The number of ether oxygens (including phenoxy) is 1. The second kappa shape index (κ2) is 9.04. The highest BCUT2D eigenvalue weighted by molar-refractivity contribution is 6.33. The van der Waals surface area contributed by atoms with Gasteiger partial charge in [-0.1, -0.05) is 29.8 Å². The summed E-state index contributed by atoms with van der Waals surface area (Å²) in [5, 5.41) is 3.22. The first-order chi connectivity index (χ1) is 13.7. The van der Waals surface area contributed by atoms with Crippen molar-refractivity contribution < 1.29 is 17.9 Å². The monoisotopic (exact) mass is 429 g/mol. The summed E-state index contributed by atoms with van der Waals surface area (Å²) >= 11 is 6.28. The van der Waals surface area contributed by atoms with Gasteiger partial charge in [-0.25, -0.2) is 4.98 Å². The van der Waals surface area contributed by atoms with Gasteiger partial charge < -0.3 is 21.5 Å². The third-order valence-electron chi connectivity index (χ3n) is 4.95.